The molecule has 0 radical (unpaired) electrons. The van der Waals surface area contributed by atoms with Crippen LogP contribution in [0.4, 0.5) is 0 Å². The fraction of sp³-hybridized carbons (Fsp3) is 0.500. The number of fused-ring (bicyclic) bond motifs is 2. The van der Waals surface area contributed by atoms with Gasteiger partial charge in [0, 0.05) is 44.0 Å². The number of benzene rings is 1. The van der Waals surface area contributed by atoms with Crippen LogP contribution in [0, 0.1) is 5.92 Å². The molecule has 0 bridgehead atoms. The maximum atomic E-state index is 13.0. The standard InChI is InChI=1S/C18H23N5O2/c19-8-10-23-15-7-9-22(11-12(15)5-6-16(23)24)18(25)17-13-3-1-2-4-14(13)20-21-17/h1-4,12,15H,5-11,19H2,(H,20,21)/t12-,15+/m0/s1. The molecular formula is C18H23N5O2. The molecule has 2 atom stereocenters. The van der Waals surface area contributed by atoms with Crippen molar-refractivity contribution >= 4 is 22.7 Å². The third-order valence-corrected chi connectivity index (χ3v) is 5.47. The number of H-pyrrole nitrogens is 1. The lowest BCUT2D eigenvalue weighted by molar-refractivity contribution is -0.140. The number of para-hydroxylation sites is 1. The van der Waals surface area contributed by atoms with Crippen LogP contribution in [0.15, 0.2) is 24.3 Å². The second-order valence-electron chi connectivity index (χ2n) is 6.90. The van der Waals surface area contributed by atoms with Crippen LogP contribution in [0.1, 0.15) is 29.8 Å². The maximum absolute atomic E-state index is 13.0. The molecule has 7 nitrogen and oxygen atoms in total. The van der Waals surface area contributed by atoms with Crippen molar-refractivity contribution in [1.29, 1.82) is 0 Å². The number of nitrogens with one attached hydrogen (secondary N) is 1. The first-order chi connectivity index (χ1) is 12.2. The number of nitrogens with zero attached hydrogens (tertiary/aromatic N) is 3. The van der Waals surface area contributed by atoms with E-state index in [1.54, 1.807) is 0 Å². The van der Waals surface area contributed by atoms with E-state index >= 15 is 0 Å². The highest BCUT2D eigenvalue weighted by Crippen LogP contribution is 2.32. The van der Waals surface area contributed by atoms with Gasteiger partial charge >= 0.3 is 0 Å². The summed E-state index contributed by atoms with van der Waals surface area (Å²) in [5.74, 6) is 0.495. The fourth-order valence-electron chi connectivity index (χ4n) is 4.24. The summed E-state index contributed by atoms with van der Waals surface area (Å²) in [6.45, 7) is 2.42. The number of carbonyl (C=O) groups excluding carboxylic acids is 2. The van der Waals surface area contributed by atoms with Crippen molar-refractivity contribution in [2.45, 2.75) is 25.3 Å². The minimum absolute atomic E-state index is 0.0295. The summed E-state index contributed by atoms with van der Waals surface area (Å²) in [6, 6.07) is 7.89. The number of piperidine rings is 2. The molecule has 0 spiro atoms. The van der Waals surface area contributed by atoms with E-state index in [-0.39, 0.29) is 17.9 Å². The molecule has 132 valence electrons. The first-order valence-corrected chi connectivity index (χ1v) is 8.91. The van der Waals surface area contributed by atoms with Gasteiger partial charge in [-0.05, 0) is 24.8 Å². The van der Waals surface area contributed by atoms with Gasteiger partial charge in [-0.15, -0.1) is 0 Å². The Morgan fingerprint density at radius 2 is 2.16 bits per heavy atom. The predicted octanol–water partition coefficient (Wildman–Crippen LogP) is 0.975. The van der Waals surface area contributed by atoms with Crippen LogP contribution in [0.5, 0.6) is 0 Å². The van der Waals surface area contributed by atoms with Gasteiger partial charge in [0.2, 0.25) is 5.91 Å². The van der Waals surface area contributed by atoms with Gasteiger partial charge in [-0.25, -0.2) is 0 Å². The molecule has 3 N–H and O–H groups in total. The van der Waals surface area contributed by atoms with E-state index in [1.165, 1.54) is 0 Å². The average molecular weight is 341 g/mol. The van der Waals surface area contributed by atoms with E-state index < -0.39 is 0 Å². The van der Waals surface area contributed by atoms with Gasteiger partial charge in [0.15, 0.2) is 5.69 Å². The van der Waals surface area contributed by atoms with Crippen molar-refractivity contribution < 1.29 is 9.59 Å². The minimum atomic E-state index is -0.0295. The molecule has 2 fully saturated rings. The van der Waals surface area contributed by atoms with Crippen molar-refractivity contribution in [3.63, 3.8) is 0 Å². The molecule has 2 aromatic rings. The van der Waals surface area contributed by atoms with Crippen molar-refractivity contribution in [1.82, 2.24) is 20.0 Å². The zero-order valence-corrected chi connectivity index (χ0v) is 14.1. The third kappa shape index (κ3) is 2.78. The number of hydrogen-bond acceptors (Lipinski definition) is 4. The zero-order valence-electron chi connectivity index (χ0n) is 14.1. The van der Waals surface area contributed by atoms with Crippen LogP contribution < -0.4 is 5.73 Å². The van der Waals surface area contributed by atoms with Gasteiger partial charge in [-0.1, -0.05) is 18.2 Å². The average Bonchev–Trinajstić information content (AvgIpc) is 3.07. The molecule has 25 heavy (non-hydrogen) atoms. The van der Waals surface area contributed by atoms with Gasteiger partial charge in [0.25, 0.3) is 5.91 Å². The van der Waals surface area contributed by atoms with Crippen LogP contribution in [-0.2, 0) is 4.79 Å². The first-order valence-electron chi connectivity index (χ1n) is 8.91. The summed E-state index contributed by atoms with van der Waals surface area (Å²) in [5, 5.41) is 8.02. The lowest BCUT2D eigenvalue weighted by Gasteiger charge is -2.46. The van der Waals surface area contributed by atoms with Gasteiger partial charge < -0.3 is 15.5 Å². The summed E-state index contributed by atoms with van der Waals surface area (Å²) >= 11 is 0. The monoisotopic (exact) mass is 341 g/mol. The number of rotatable bonds is 3. The Kier molecular flexibility index (Phi) is 4.17. The number of aromatic nitrogens is 2. The van der Waals surface area contributed by atoms with Crippen molar-refractivity contribution in [3.05, 3.63) is 30.0 Å². The molecule has 7 heteroatoms. The molecule has 4 rings (SSSR count). The van der Waals surface area contributed by atoms with Gasteiger partial charge in [-0.2, -0.15) is 5.10 Å². The highest BCUT2D eigenvalue weighted by Gasteiger charge is 2.40. The predicted molar refractivity (Wildman–Crippen MR) is 93.9 cm³/mol. The van der Waals surface area contributed by atoms with E-state index in [9.17, 15) is 9.59 Å². The Labute approximate surface area is 146 Å². The zero-order chi connectivity index (χ0) is 17.4. The minimum Gasteiger partial charge on any atom is -0.338 e. The first kappa shape index (κ1) is 16.1. The highest BCUT2D eigenvalue weighted by atomic mass is 16.2. The van der Waals surface area contributed by atoms with Crippen LogP contribution in [-0.4, -0.2) is 64.0 Å². The number of aromatic amines is 1. The molecule has 2 aliphatic heterocycles. The van der Waals surface area contributed by atoms with Crippen molar-refractivity contribution in [3.8, 4) is 0 Å². The summed E-state index contributed by atoms with van der Waals surface area (Å²) in [4.78, 5) is 28.9. The van der Waals surface area contributed by atoms with E-state index in [2.05, 4.69) is 10.2 Å². The lowest BCUT2D eigenvalue weighted by atomic mass is 9.83. The largest absolute Gasteiger partial charge is 0.338 e. The Morgan fingerprint density at radius 1 is 1.32 bits per heavy atom. The van der Waals surface area contributed by atoms with E-state index in [1.807, 2.05) is 34.1 Å². The molecule has 0 aliphatic carbocycles. The summed E-state index contributed by atoms with van der Waals surface area (Å²) < 4.78 is 0. The Morgan fingerprint density at radius 3 is 3.00 bits per heavy atom. The van der Waals surface area contributed by atoms with Gasteiger partial charge in [-0.3, -0.25) is 14.7 Å². The van der Waals surface area contributed by atoms with Crippen LogP contribution in [0.25, 0.3) is 10.9 Å². The van der Waals surface area contributed by atoms with Crippen LogP contribution >= 0.6 is 0 Å². The van der Waals surface area contributed by atoms with Crippen molar-refractivity contribution in [2.75, 3.05) is 26.2 Å². The van der Waals surface area contributed by atoms with Crippen LogP contribution in [0.2, 0.25) is 0 Å². The topological polar surface area (TPSA) is 95.3 Å². The molecule has 3 heterocycles. The molecule has 2 amide bonds. The Bertz CT molecular complexity index is 802. The van der Waals surface area contributed by atoms with E-state index in [0.717, 1.165) is 23.7 Å². The number of likely N-dealkylation sites (tertiary alicyclic amines) is 2. The number of hydrogen-bond donors (Lipinski definition) is 2. The maximum Gasteiger partial charge on any atom is 0.275 e. The number of amides is 2. The second-order valence-corrected chi connectivity index (χ2v) is 6.90. The normalized spacial score (nSPS) is 23.8. The smallest absolute Gasteiger partial charge is 0.275 e. The molecule has 2 saturated heterocycles. The quantitative estimate of drug-likeness (QED) is 0.870. The molecule has 0 saturated carbocycles. The van der Waals surface area contributed by atoms with Crippen molar-refractivity contribution in [2.24, 2.45) is 11.7 Å². The lowest BCUT2D eigenvalue weighted by Crippen LogP contribution is -2.57. The third-order valence-electron chi connectivity index (χ3n) is 5.47. The van der Waals surface area contributed by atoms with E-state index in [0.29, 0.717) is 44.2 Å². The number of carbonyl (C=O) groups is 2. The van der Waals surface area contributed by atoms with Crippen LogP contribution in [0.3, 0.4) is 0 Å². The molecule has 1 aromatic heterocycles. The Hall–Kier alpha value is -2.41. The van der Waals surface area contributed by atoms with Gasteiger partial charge in [0.05, 0.1) is 5.52 Å². The summed E-state index contributed by atoms with van der Waals surface area (Å²) in [5.41, 5.74) is 7.02. The fourth-order valence-corrected chi connectivity index (χ4v) is 4.24. The van der Waals surface area contributed by atoms with E-state index in [4.69, 9.17) is 5.73 Å². The highest BCUT2D eigenvalue weighted by molar-refractivity contribution is 6.04. The SMILES string of the molecule is NCCN1C(=O)CC[C@H]2CN(C(=O)c3n[nH]c4ccccc34)CC[C@H]21. The molecule has 2 aliphatic rings. The molecule has 0 unspecified atom stereocenters. The number of nitrogens with two attached hydrogens (primary N) is 1. The van der Waals surface area contributed by atoms with Gasteiger partial charge in [0.1, 0.15) is 0 Å². The molecular weight excluding hydrogens is 318 g/mol. The second kappa shape index (κ2) is 6.48. The molecule has 1 aromatic carbocycles. The summed E-state index contributed by atoms with van der Waals surface area (Å²) in [6.07, 6.45) is 2.20. The Balaban J connectivity index is 1.52. The summed E-state index contributed by atoms with van der Waals surface area (Å²) in [7, 11) is 0.